The van der Waals surface area contributed by atoms with Gasteiger partial charge in [0.1, 0.15) is 11.3 Å². The highest BCUT2D eigenvalue weighted by atomic mass is 19.1. The number of carbonyl (C=O) groups is 2. The molecule has 0 aliphatic heterocycles. The third kappa shape index (κ3) is 3.91. The van der Waals surface area contributed by atoms with Gasteiger partial charge in [-0.15, -0.1) is 0 Å². The monoisotopic (exact) mass is 462 g/mol. The molecule has 0 amide bonds. The van der Waals surface area contributed by atoms with E-state index in [1.807, 2.05) is 6.07 Å². The summed E-state index contributed by atoms with van der Waals surface area (Å²) < 4.78 is 35.1. The molecule has 2 atom stereocenters. The number of aromatic nitrogens is 1. The van der Waals surface area contributed by atoms with Crippen LogP contribution in [0.2, 0.25) is 0 Å². The van der Waals surface area contributed by atoms with Gasteiger partial charge in [-0.2, -0.15) is 4.98 Å². The molecule has 6 nitrogen and oxygen atoms in total. The molecule has 1 saturated carbocycles. The first-order valence-corrected chi connectivity index (χ1v) is 10.9. The average Bonchev–Trinajstić information content (AvgIpc) is 3.47. The molecule has 4 aromatic rings. The second-order valence-electron chi connectivity index (χ2n) is 8.32. The summed E-state index contributed by atoms with van der Waals surface area (Å²) in [6.45, 7) is 0. The number of fused-ring (bicyclic) bond motifs is 1. The summed E-state index contributed by atoms with van der Waals surface area (Å²) in [5.74, 6) is -4.51. The Morgan fingerprint density at radius 2 is 1.76 bits per heavy atom. The zero-order valence-electron chi connectivity index (χ0n) is 17.9. The van der Waals surface area contributed by atoms with Gasteiger partial charge >= 0.3 is 5.97 Å². The van der Waals surface area contributed by atoms with E-state index in [4.69, 9.17) is 4.42 Å². The molecule has 3 aromatic carbocycles. The zero-order valence-corrected chi connectivity index (χ0v) is 17.9. The van der Waals surface area contributed by atoms with Crippen LogP contribution in [0.3, 0.4) is 0 Å². The van der Waals surface area contributed by atoms with Gasteiger partial charge in [-0.3, -0.25) is 9.59 Å². The molecule has 1 aliphatic rings. The number of oxazole rings is 1. The summed E-state index contributed by atoms with van der Waals surface area (Å²) in [5.41, 5.74) is 1.50. The van der Waals surface area contributed by atoms with Crippen LogP contribution in [0.5, 0.6) is 0 Å². The second-order valence-corrected chi connectivity index (χ2v) is 8.32. The fraction of sp³-hybridized carbons (Fsp3) is 0.192. The maximum atomic E-state index is 15.9. The van der Waals surface area contributed by atoms with E-state index in [0.717, 1.165) is 0 Å². The van der Waals surface area contributed by atoms with Crippen molar-refractivity contribution in [3.8, 4) is 11.1 Å². The maximum absolute atomic E-state index is 15.9. The number of hydrogen-bond acceptors (Lipinski definition) is 5. The number of nitrogens with zero attached hydrogens (tertiary/aromatic N) is 1. The highest BCUT2D eigenvalue weighted by Gasteiger charge is 2.39. The van der Waals surface area contributed by atoms with Crippen molar-refractivity contribution in [3.05, 3.63) is 77.9 Å². The summed E-state index contributed by atoms with van der Waals surface area (Å²) in [5, 5.41) is 12.3. The Hall–Kier alpha value is -4.07. The van der Waals surface area contributed by atoms with Crippen LogP contribution in [0.1, 0.15) is 29.6 Å². The normalized spacial score (nSPS) is 17.7. The molecular formula is C26H20F2N2O4. The maximum Gasteiger partial charge on any atom is 0.307 e. The van der Waals surface area contributed by atoms with Crippen molar-refractivity contribution in [2.75, 3.05) is 5.32 Å². The number of Topliss-reactive ketones (excluding diaryl/α,β-unsaturated/α-hetero) is 1. The number of anilines is 2. The van der Waals surface area contributed by atoms with Gasteiger partial charge in [0.2, 0.25) is 0 Å². The Bertz CT molecular complexity index is 1400. The van der Waals surface area contributed by atoms with E-state index in [9.17, 15) is 19.1 Å². The van der Waals surface area contributed by atoms with Crippen LogP contribution in [-0.2, 0) is 4.79 Å². The lowest BCUT2D eigenvalue weighted by Gasteiger charge is -2.18. The summed E-state index contributed by atoms with van der Waals surface area (Å²) in [6, 6.07) is 15.8. The first kappa shape index (κ1) is 21.8. The van der Waals surface area contributed by atoms with Crippen molar-refractivity contribution in [2.45, 2.75) is 19.3 Å². The van der Waals surface area contributed by atoms with Crippen molar-refractivity contribution in [1.29, 1.82) is 0 Å². The van der Waals surface area contributed by atoms with Gasteiger partial charge in [-0.25, -0.2) is 8.78 Å². The molecule has 2 N–H and O–H groups in total. The number of rotatable bonds is 6. The smallest absolute Gasteiger partial charge is 0.307 e. The summed E-state index contributed by atoms with van der Waals surface area (Å²) in [6.07, 6.45) is 1.39. The fourth-order valence-electron chi connectivity index (χ4n) is 4.58. The lowest BCUT2D eigenvalue weighted by molar-refractivity contribution is -0.142. The molecule has 0 radical (unpaired) electrons. The Labute approximate surface area is 193 Å². The van der Waals surface area contributed by atoms with Crippen molar-refractivity contribution < 1.29 is 27.9 Å². The molecule has 1 aliphatic carbocycles. The summed E-state index contributed by atoms with van der Waals surface area (Å²) >= 11 is 0. The molecule has 1 aromatic heterocycles. The number of aliphatic carboxylic acids is 1. The van der Waals surface area contributed by atoms with Gasteiger partial charge in [0, 0.05) is 17.5 Å². The van der Waals surface area contributed by atoms with Gasteiger partial charge in [0.25, 0.3) is 6.01 Å². The molecule has 0 unspecified atom stereocenters. The quantitative estimate of drug-likeness (QED) is 0.332. The van der Waals surface area contributed by atoms with Crippen LogP contribution in [-0.4, -0.2) is 21.8 Å². The van der Waals surface area contributed by atoms with E-state index < -0.39 is 35.2 Å². The van der Waals surface area contributed by atoms with Gasteiger partial charge in [-0.05, 0) is 36.6 Å². The third-order valence-corrected chi connectivity index (χ3v) is 6.24. The van der Waals surface area contributed by atoms with Crippen LogP contribution in [0.4, 0.5) is 20.5 Å². The van der Waals surface area contributed by atoms with Crippen LogP contribution >= 0.6 is 0 Å². The minimum Gasteiger partial charge on any atom is -0.481 e. The van der Waals surface area contributed by atoms with Crippen LogP contribution in [0, 0.1) is 23.5 Å². The molecule has 1 heterocycles. The molecular weight excluding hydrogens is 442 g/mol. The van der Waals surface area contributed by atoms with Crippen molar-refractivity contribution in [1.82, 2.24) is 4.98 Å². The first-order valence-electron chi connectivity index (χ1n) is 10.9. The predicted molar refractivity (Wildman–Crippen MR) is 122 cm³/mol. The molecule has 1 fully saturated rings. The van der Waals surface area contributed by atoms with E-state index in [0.29, 0.717) is 36.0 Å². The van der Waals surface area contributed by atoms with E-state index in [1.54, 1.807) is 30.3 Å². The van der Waals surface area contributed by atoms with Crippen molar-refractivity contribution >= 4 is 34.6 Å². The molecule has 0 bridgehead atoms. The van der Waals surface area contributed by atoms with Crippen LogP contribution in [0.25, 0.3) is 22.2 Å². The second kappa shape index (κ2) is 8.70. The average molecular weight is 462 g/mol. The number of halogens is 2. The topological polar surface area (TPSA) is 92.4 Å². The fourth-order valence-corrected chi connectivity index (χ4v) is 4.58. The zero-order chi connectivity index (χ0) is 23.8. The largest absolute Gasteiger partial charge is 0.481 e. The summed E-state index contributed by atoms with van der Waals surface area (Å²) in [4.78, 5) is 29.0. The van der Waals surface area contributed by atoms with Crippen molar-refractivity contribution in [3.63, 3.8) is 0 Å². The third-order valence-electron chi connectivity index (χ3n) is 6.24. The summed E-state index contributed by atoms with van der Waals surface area (Å²) in [7, 11) is 0. The number of carboxylic acid groups (broad SMARTS) is 1. The Balaban J connectivity index is 1.59. The van der Waals surface area contributed by atoms with E-state index in [-0.39, 0.29) is 22.8 Å². The molecule has 172 valence electrons. The van der Waals surface area contributed by atoms with Crippen LogP contribution < -0.4 is 5.32 Å². The number of nitrogens with one attached hydrogen (secondary N) is 1. The van der Waals surface area contributed by atoms with E-state index in [1.165, 1.54) is 24.3 Å². The predicted octanol–water partition coefficient (Wildman–Crippen LogP) is 6.20. The number of benzene rings is 3. The number of hydrogen-bond donors (Lipinski definition) is 2. The lowest BCUT2D eigenvalue weighted by atomic mass is 9.87. The number of carboxylic acids is 1. The van der Waals surface area contributed by atoms with Gasteiger partial charge in [0.05, 0.1) is 17.2 Å². The van der Waals surface area contributed by atoms with Crippen LogP contribution in [0.15, 0.2) is 65.1 Å². The molecule has 5 rings (SSSR count). The minimum absolute atomic E-state index is 0.0334. The van der Waals surface area contributed by atoms with Crippen molar-refractivity contribution in [2.24, 2.45) is 11.8 Å². The van der Waals surface area contributed by atoms with Gasteiger partial charge in [-0.1, -0.05) is 42.8 Å². The highest BCUT2D eigenvalue weighted by molar-refractivity contribution is 6.02. The standard InChI is InChI=1S/C26H20F2N2O4/c27-15-9-12-21-20(13-15)29-26(34-21)30-23-16(14-5-2-1-3-6-14)10-11-19(22(23)28)24(31)17-7-4-8-18(17)25(32)33/h1-3,5-6,9-13,17-18H,4,7-8H2,(H,29,30)(H,32,33)/t17-,18-/m1/s1. The van der Waals surface area contributed by atoms with E-state index >= 15 is 4.39 Å². The number of ketones is 1. The van der Waals surface area contributed by atoms with Gasteiger partial charge in [0.15, 0.2) is 17.2 Å². The van der Waals surface area contributed by atoms with Gasteiger partial charge < -0.3 is 14.8 Å². The molecule has 34 heavy (non-hydrogen) atoms. The minimum atomic E-state index is -1.05. The Morgan fingerprint density at radius 1 is 1.00 bits per heavy atom. The van der Waals surface area contributed by atoms with E-state index in [2.05, 4.69) is 10.3 Å². The first-order chi connectivity index (χ1) is 16.4. The Kier molecular flexibility index (Phi) is 5.57. The lowest BCUT2D eigenvalue weighted by Crippen LogP contribution is -2.26. The highest BCUT2D eigenvalue weighted by Crippen LogP contribution is 2.39. The molecule has 8 heteroatoms. The Morgan fingerprint density at radius 3 is 2.53 bits per heavy atom. The molecule has 0 spiro atoms. The SMILES string of the molecule is O=C(O)[C@@H]1CCC[C@H]1C(=O)c1ccc(-c2ccccc2)c(Nc2nc3cc(F)ccc3o2)c1F. The molecule has 0 saturated heterocycles. The number of carbonyl (C=O) groups excluding carboxylic acids is 1.